The fraction of sp³-hybridized carbons (Fsp3) is 0.444. The van der Waals surface area contributed by atoms with Crippen LogP contribution in [0.3, 0.4) is 0 Å². The topological polar surface area (TPSA) is 74.7 Å². The highest BCUT2D eigenvalue weighted by atomic mass is 32.1. The highest BCUT2D eigenvalue weighted by Gasteiger charge is 2.19. The lowest BCUT2D eigenvalue weighted by Crippen LogP contribution is -2.44. The molecule has 1 aromatic carbocycles. The first-order valence-electron chi connectivity index (χ1n) is 8.40. The molecule has 25 heavy (non-hydrogen) atoms. The van der Waals surface area contributed by atoms with Crippen molar-refractivity contribution in [3.05, 3.63) is 35.3 Å². The molecule has 0 unspecified atom stereocenters. The fourth-order valence-electron chi connectivity index (χ4n) is 2.90. The van der Waals surface area contributed by atoms with Crippen LogP contribution in [0.1, 0.15) is 17.7 Å². The maximum absolute atomic E-state index is 12.1. The molecule has 2 heterocycles. The summed E-state index contributed by atoms with van der Waals surface area (Å²) in [4.78, 5) is 19.5. The zero-order chi connectivity index (χ0) is 17.6. The molecule has 2 N–H and O–H groups in total. The van der Waals surface area contributed by atoms with Crippen LogP contribution in [0.25, 0.3) is 10.6 Å². The van der Waals surface area contributed by atoms with Gasteiger partial charge in [-0.2, -0.15) is 0 Å². The van der Waals surface area contributed by atoms with Crippen LogP contribution in [-0.2, 0) is 11.3 Å². The molecule has 1 aliphatic rings. The number of ether oxygens (including phenoxy) is 1. The molecule has 1 atom stereocenters. The average molecular weight is 361 g/mol. The van der Waals surface area contributed by atoms with E-state index < -0.39 is 0 Å². The van der Waals surface area contributed by atoms with Gasteiger partial charge in [0, 0.05) is 23.2 Å². The number of benzene rings is 1. The molecule has 6 nitrogen and oxygen atoms in total. The van der Waals surface area contributed by atoms with Gasteiger partial charge < -0.3 is 15.2 Å². The molecular weight excluding hydrogens is 338 g/mol. The van der Waals surface area contributed by atoms with Gasteiger partial charge in [0.1, 0.15) is 10.8 Å². The number of nitrogens with one attached hydrogen (secondary N) is 1. The van der Waals surface area contributed by atoms with Gasteiger partial charge in [-0.15, -0.1) is 11.3 Å². The number of likely N-dealkylation sites (tertiary alicyclic amines) is 1. The third kappa shape index (κ3) is 5.01. The smallest absolute Gasteiger partial charge is 0.234 e. The first-order valence-corrected chi connectivity index (χ1v) is 9.22. The molecule has 0 saturated carbocycles. The SMILES string of the molecule is COc1cccc(-c2ncc(CNC(=O)CN3CCC[C@@H](O)C3)s2)c1. The largest absolute Gasteiger partial charge is 0.497 e. The van der Waals surface area contributed by atoms with Crippen LogP contribution in [-0.4, -0.2) is 53.7 Å². The quantitative estimate of drug-likeness (QED) is 0.822. The molecular formula is C18H23N3O3S. The zero-order valence-corrected chi connectivity index (χ0v) is 15.1. The number of aromatic nitrogens is 1. The van der Waals surface area contributed by atoms with E-state index in [1.807, 2.05) is 29.2 Å². The monoisotopic (exact) mass is 361 g/mol. The summed E-state index contributed by atoms with van der Waals surface area (Å²) in [5, 5.41) is 13.5. The van der Waals surface area contributed by atoms with Crippen LogP contribution in [0.4, 0.5) is 0 Å². The van der Waals surface area contributed by atoms with Gasteiger partial charge >= 0.3 is 0 Å². The Morgan fingerprint density at radius 3 is 3.20 bits per heavy atom. The number of aliphatic hydroxyl groups excluding tert-OH is 1. The van der Waals surface area contributed by atoms with E-state index in [0.29, 0.717) is 19.6 Å². The second-order valence-electron chi connectivity index (χ2n) is 6.17. The van der Waals surface area contributed by atoms with E-state index in [0.717, 1.165) is 40.6 Å². The molecule has 2 aromatic rings. The lowest BCUT2D eigenvalue weighted by atomic mass is 10.1. The number of carbonyl (C=O) groups excluding carboxylic acids is 1. The van der Waals surface area contributed by atoms with Crippen molar-refractivity contribution in [1.29, 1.82) is 0 Å². The normalized spacial score (nSPS) is 18.1. The van der Waals surface area contributed by atoms with E-state index in [9.17, 15) is 9.90 Å². The molecule has 0 spiro atoms. The summed E-state index contributed by atoms with van der Waals surface area (Å²) in [6.45, 7) is 2.24. The second-order valence-corrected chi connectivity index (χ2v) is 7.29. The Balaban J connectivity index is 1.52. The Kier molecular flexibility index (Phi) is 6.01. The van der Waals surface area contributed by atoms with Crippen molar-refractivity contribution >= 4 is 17.2 Å². The van der Waals surface area contributed by atoms with E-state index in [4.69, 9.17) is 4.74 Å². The number of rotatable bonds is 6. The van der Waals surface area contributed by atoms with Gasteiger partial charge in [0.25, 0.3) is 0 Å². The first kappa shape index (κ1) is 17.8. The number of hydrogen-bond acceptors (Lipinski definition) is 6. The van der Waals surface area contributed by atoms with Crippen molar-refractivity contribution in [2.75, 3.05) is 26.7 Å². The molecule has 134 valence electrons. The number of carbonyl (C=O) groups is 1. The van der Waals surface area contributed by atoms with Crippen molar-refractivity contribution < 1.29 is 14.6 Å². The van der Waals surface area contributed by atoms with Gasteiger partial charge in [0.15, 0.2) is 0 Å². The minimum absolute atomic E-state index is 0.0227. The Labute approximate surface area is 151 Å². The summed E-state index contributed by atoms with van der Waals surface area (Å²) >= 11 is 1.56. The molecule has 1 aliphatic heterocycles. The standard InChI is InChI=1S/C18H23N3O3S/c1-24-15-6-2-4-13(8-15)18-20-10-16(25-18)9-19-17(23)12-21-7-3-5-14(22)11-21/h2,4,6,8,10,14,22H,3,5,7,9,11-12H2,1H3,(H,19,23)/t14-/m1/s1. The number of nitrogens with zero attached hydrogens (tertiary/aromatic N) is 2. The van der Waals surface area contributed by atoms with Gasteiger partial charge in [0.2, 0.25) is 5.91 Å². The fourth-order valence-corrected chi connectivity index (χ4v) is 3.75. The Hall–Kier alpha value is -1.96. The number of aliphatic hydroxyl groups is 1. The summed E-state index contributed by atoms with van der Waals surface area (Å²) in [6.07, 6.45) is 3.25. The predicted molar refractivity (Wildman–Crippen MR) is 97.6 cm³/mol. The molecule has 0 radical (unpaired) electrons. The molecule has 1 aromatic heterocycles. The van der Waals surface area contributed by atoms with E-state index in [1.54, 1.807) is 24.6 Å². The van der Waals surface area contributed by atoms with Crippen molar-refractivity contribution in [2.24, 2.45) is 0 Å². The van der Waals surface area contributed by atoms with Crippen LogP contribution >= 0.6 is 11.3 Å². The van der Waals surface area contributed by atoms with E-state index in [1.165, 1.54) is 0 Å². The predicted octanol–water partition coefficient (Wildman–Crippen LogP) is 1.89. The van der Waals surface area contributed by atoms with Crippen LogP contribution in [0.15, 0.2) is 30.5 Å². The first-order chi connectivity index (χ1) is 12.1. The van der Waals surface area contributed by atoms with E-state index >= 15 is 0 Å². The summed E-state index contributed by atoms with van der Waals surface area (Å²) < 4.78 is 5.24. The number of hydrogen-bond donors (Lipinski definition) is 2. The number of thiazole rings is 1. The van der Waals surface area contributed by atoms with Crippen LogP contribution in [0.2, 0.25) is 0 Å². The Morgan fingerprint density at radius 1 is 1.52 bits per heavy atom. The van der Waals surface area contributed by atoms with Crippen molar-refractivity contribution in [2.45, 2.75) is 25.5 Å². The van der Waals surface area contributed by atoms with Crippen LogP contribution < -0.4 is 10.1 Å². The highest BCUT2D eigenvalue weighted by molar-refractivity contribution is 7.15. The van der Waals surface area contributed by atoms with E-state index in [-0.39, 0.29) is 12.0 Å². The third-order valence-electron chi connectivity index (χ3n) is 4.18. The van der Waals surface area contributed by atoms with Crippen molar-refractivity contribution in [1.82, 2.24) is 15.2 Å². The lowest BCUT2D eigenvalue weighted by Gasteiger charge is -2.29. The zero-order valence-electron chi connectivity index (χ0n) is 14.3. The second kappa shape index (κ2) is 8.42. The minimum atomic E-state index is -0.312. The maximum atomic E-state index is 12.1. The lowest BCUT2D eigenvalue weighted by molar-refractivity contribution is -0.123. The third-order valence-corrected chi connectivity index (χ3v) is 5.22. The number of β-amino-alcohol motifs (C(OH)–C–C–N with tert-alkyl or cyclic N) is 1. The number of amides is 1. The van der Waals surface area contributed by atoms with Gasteiger partial charge in [-0.05, 0) is 31.5 Å². The summed E-state index contributed by atoms with van der Waals surface area (Å²) in [7, 11) is 1.64. The van der Waals surface area contributed by atoms with Gasteiger partial charge in [0.05, 0.1) is 26.3 Å². The highest BCUT2D eigenvalue weighted by Crippen LogP contribution is 2.27. The molecule has 7 heteroatoms. The number of piperidine rings is 1. The Morgan fingerprint density at radius 2 is 2.40 bits per heavy atom. The summed E-state index contributed by atoms with van der Waals surface area (Å²) in [6, 6.07) is 7.77. The maximum Gasteiger partial charge on any atom is 0.234 e. The molecule has 1 amide bonds. The molecule has 1 fully saturated rings. The summed E-state index contributed by atoms with van der Waals surface area (Å²) in [5.41, 5.74) is 1.00. The summed E-state index contributed by atoms with van der Waals surface area (Å²) in [5.74, 6) is 0.775. The average Bonchev–Trinajstić information content (AvgIpc) is 3.09. The Bertz CT molecular complexity index is 719. The van der Waals surface area contributed by atoms with Crippen LogP contribution in [0, 0.1) is 0 Å². The van der Waals surface area contributed by atoms with Crippen molar-refractivity contribution in [3.8, 4) is 16.3 Å². The molecule has 1 saturated heterocycles. The molecule has 3 rings (SSSR count). The molecule has 0 aliphatic carbocycles. The van der Waals surface area contributed by atoms with Gasteiger partial charge in [-0.25, -0.2) is 4.98 Å². The van der Waals surface area contributed by atoms with E-state index in [2.05, 4.69) is 10.3 Å². The minimum Gasteiger partial charge on any atom is -0.497 e. The van der Waals surface area contributed by atoms with Gasteiger partial charge in [-0.1, -0.05) is 12.1 Å². The molecule has 0 bridgehead atoms. The van der Waals surface area contributed by atoms with Crippen molar-refractivity contribution in [3.63, 3.8) is 0 Å². The van der Waals surface area contributed by atoms with Crippen LogP contribution in [0.5, 0.6) is 5.75 Å². The van der Waals surface area contributed by atoms with Gasteiger partial charge in [-0.3, -0.25) is 9.69 Å². The number of methoxy groups -OCH3 is 1.